The van der Waals surface area contributed by atoms with Gasteiger partial charge in [0.05, 0.1) is 10.0 Å². The molecule has 2 nitrogen and oxygen atoms in total. The van der Waals surface area contributed by atoms with Crippen molar-refractivity contribution in [2.75, 3.05) is 0 Å². The van der Waals surface area contributed by atoms with Crippen molar-refractivity contribution in [2.24, 2.45) is 0 Å². The van der Waals surface area contributed by atoms with Gasteiger partial charge in [-0.25, -0.2) is 0 Å². The lowest BCUT2D eigenvalue weighted by Crippen LogP contribution is -1.80. The molecule has 0 unspecified atom stereocenters. The molecule has 0 aliphatic carbocycles. The maximum Gasteiger partial charge on any atom is 0.130 e. The van der Waals surface area contributed by atoms with E-state index in [1.807, 2.05) is 42.5 Å². The Morgan fingerprint density at radius 2 is 1.45 bits per heavy atom. The van der Waals surface area contributed by atoms with E-state index in [1.165, 1.54) is 0 Å². The molecule has 0 fully saturated rings. The van der Waals surface area contributed by atoms with Crippen molar-refractivity contribution in [2.45, 2.75) is 0 Å². The summed E-state index contributed by atoms with van der Waals surface area (Å²) in [5.74, 6) is 0. The average molecular weight is 299 g/mol. The van der Waals surface area contributed by atoms with Crippen LogP contribution in [-0.2, 0) is 0 Å². The van der Waals surface area contributed by atoms with Crippen molar-refractivity contribution in [3.63, 3.8) is 0 Å². The van der Waals surface area contributed by atoms with Gasteiger partial charge in [0.25, 0.3) is 0 Å². The minimum Gasteiger partial charge on any atom is -0.192 e. The second-order valence-corrected chi connectivity index (χ2v) is 4.85. The van der Waals surface area contributed by atoms with Crippen LogP contribution in [0.15, 0.2) is 48.0 Å². The highest BCUT2D eigenvalue weighted by atomic mass is 35.5. The van der Waals surface area contributed by atoms with Crippen LogP contribution in [-0.4, -0.2) is 0 Å². The van der Waals surface area contributed by atoms with E-state index in [0.29, 0.717) is 10.0 Å². The third-order valence-corrected chi connectivity index (χ3v) is 3.45. The molecule has 0 amide bonds. The van der Waals surface area contributed by atoms with Gasteiger partial charge < -0.3 is 0 Å². The predicted octanol–water partition coefficient (Wildman–Crippen LogP) is 5.09. The van der Waals surface area contributed by atoms with Crippen LogP contribution in [0.3, 0.4) is 0 Å². The quantitative estimate of drug-likeness (QED) is 0.725. The summed E-state index contributed by atoms with van der Waals surface area (Å²) in [5.41, 5.74) is 2.81. The normalized spacial score (nSPS) is 9.40. The Morgan fingerprint density at radius 3 is 2.00 bits per heavy atom. The second kappa shape index (κ2) is 6.26. The molecule has 0 aliphatic rings. The van der Waals surface area contributed by atoms with E-state index in [1.54, 1.807) is 18.2 Å². The van der Waals surface area contributed by atoms with Crippen LogP contribution in [0.25, 0.3) is 17.2 Å². The second-order valence-electron chi connectivity index (χ2n) is 4.03. The topological polar surface area (TPSA) is 47.6 Å². The molecular weight excluding hydrogens is 291 g/mol. The molecule has 2 rings (SSSR count). The van der Waals surface area contributed by atoms with Gasteiger partial charge in [0.1, 0.15) is 17.7 Å². The van der Waals surface area contributed by atoms with E-state index < -0.39 is 0 Å². The fourth-order valence-corrected chi connectivity index (χ4v) is 2.00. The van der Waals surface area contributed by atoms with Crippen LogP contribution in [0.5, 0.6) is 0 Å². The van der Waals surface area contributed by atoms with Crippen molar-refractivity contribution >= 4 is 29.3 Å². The lowest BCUT2D eigenvalue weighted by Gasteiger charge is -2.04. The van der Waals surface area contributed by atoms with E-state index >= 15 is 0 Å². The molecule has 0 aromatic heterocycles. The molecule has 0 heterocycles. The van der Waals surface area contributed by atoms with Crippen LogP contribution in [0, 0.1) is 22.7 Å². The van der Waals surface area contributed by atoms with E-state index in [-0.39, 0.29) is 5.57 Å². The summed E-state index contributed by atoms with van der Waals surface area (Å²) in [7, 11) is 0. The van der Waals surface area contributed by atoms with Gasteiger partial charge in [-0.2, -0.15) is 10.5 Å². The van der Waals surface area contributed by atoms with Crippen LogP contribution >= 0.6 is 23.2 Å². The minimum atomic E-state index is 0.0762. The van der Waals surface area contributed by atoms with Gasteiger partial charge in [-0.3, -0.25) is 0 Å². The van der Waals surface area contributed by atoms with Gasteiger partial charge in [0.15, 0.2) is 0 Å². The third kappa shape index (κ3) is 3.19. The summed E-state index contributed by atoms with van der Waals surface area (Å²) < 4.78 is 0. The zero-order valence-corrected chi connectivity index (χ0v) is 11.8. The van der Waals surface area contributed by atoms with Crippen molar-refractivity contribution in [3.8, 4) is 23.3 Å². The van der Waals surface area contributed by atoms with Gasteiger partial charge in [-0.15, -0.1) is 0 Å². The molecule has 0 saturated carbocycles. The molecule has 2 aromatic carbocycles. The van der Waals surface area contributed by atoms with E-state index in [2.05, 4.69) is 0 Å². The Labute approximate surface area is 127 Å². The number of nitrogens with zero attached hydrogens (tertiary/aromatic N) is 2. The van der Waals surface area contributed by atoms with Gasteiger partial charge in [-0.1, -0.05) is 53.5 Å². The largest absolute Gasteiger partial charge is 0.192 e. The lowest BCUT2D eigenvalue weighted by atomic mass is 10.0. The van der Waals surface area contributed by atoms with Crippen LogP contribution in [0.2, 0.25) is 10.0 Å². The summed E-state index contributed by atoms with van der Waals surface area (Å²) in [6.07, 6.45) is 1.54. The SMILES string of the molecule is N#CC(C#N)=Cc1ccc(-c2ccc(Cl)c(Cl)c2)cc1. The van der Waals surface area contributed by atoms with Crippen LogP contribution in [0.4, 0.5) is 0 Å². The van der Waals surface area contributed by atoms with Crippen molar-refractivity contribution in [3.05, 3.63) is 63.6 Å². The summed E-state index contributed by atoms with van der Waals surface area (Å²) >= 11 is 11.9. The lowest BCUT2D eigenvalue weighted by molar-refractivity contribution is 1.47. The number of nitriles is 2. The highest BCUT2D eigenvalue weighted by Gasteiger charge is 2.02. The number of hydrogen-bond acceptors (Lipinski definition) is 2. The van der Waals surface area contributed by atoms with Gasteiger partial charge in [0, 0.05) is 0 Å². The smallest absolute Gasteiger partial charge is 0.130 e. The Balaban J connectivity index is 2.34. The van der Waals surface area contributed by atoms with Crippen molar-refractivity contribution < 1.29 is 0 Å². The van der Waals surface area contributed by atoms with Crippen LogP contribution in [0.1, 0.15) is 5.56 Å². The van der Waals surface area contributed by atoms with Gasteiger partial charge in [0.2, 0.25) is 0 Å². The number of benzene rings is 2. The fourth-order valence-electron chi connectivity index (χ4n) is 1.70. The molecule has 0 saturated heterocycles. The molecule has 4 heteroatoms. The van der Waals surface area contributed by atoms with Crippen LogP contribution < -0.4 is 0 Å². The van der Waals surface area contributed by atoms with Gasteiger partial charge in [-0.05, 0) is 34.9 Å². The standard InChI is InChI=1S/C16H8Cl2N2/c17-15-6-5-14(8-16(15)18)13-3-1-11(2-4-13)7-12(9-19)10-20/h1-8H. The van der Waals surface area contributed by atoms with E-state index in [9.17, 15) is 0 Å². The Bertz CT molecular complexity index is 732. The predicted molar refractivity (Wildman–Crippen MR) is 81.1 cm³/mol. The van der Waals surface area contributed by atoms with Gasteiger partial charge >= 0.3 is 0 Å². The average Bonchev–Trinajstić information content (AvgIpc) is 2.48. The molecule has 2 aromatic rings. The summed E-state index contributed by atoms with van der Waals surface area (Å²) in [4.78, 5) is 0. The molecule has 0 bridgehead atoms. The third-order valence-electron chi connectivity index (χ3n) is 2.72. The Hall–Kier alpha value is -2.26. The maximum atomic E-state index is 8.71. The first-order valence-electron chi connectivity index (χ1n) is 5.71. The highest BCUT2D eigenvalue weighted by Crippen LogP contribution is 2.28. The number of allylic oxidation sites excluding steroid dienone is 1. The Morgan fingerprint density at radius 1 is 0.850 bits per heavy atom. The zero-order valence-electron chi connectivity index (χ0n) is 10.3. The number of hydrogen-bond donors (Lipinski definition) is 0. The number of halogens is 2. The molecular formula is C16H8Cl2N2. The molecule has 96 valence electrons. The molecule has 20 heavy (non-hydrogen) atoms. The fraction of sp³-hybridized carbons (Fsp3) is 0. The monoisotopic (exact) mass is 298 g/mol. The first-order chi connectivity index (χ1) is 9.63. The first kappa shape index (κ1) is 14.2. The van der Waals surface area contributed by atoms with E-state index in [0.717, 1.165) is 16.7 Å². The highest BCUT2D eigenvalue weighted by molar-refractivity contribution is 6.42. The minimum absolute atomic E-state index is 0.0762. The van der Waals surface area contributed by atoms with Crippen molar-refractivity contribution in [1.29, 1.82) is 10.5 Å². The molecule has 0 atom stereocenters. The first-order valence-corrected chi connectivity index (χ1v) is 6.47. The molecule has 0 N–H and O–H groups in total. The molecule has 0 aliphatic heterocycles. The number of rotatable bonds is 2. The zero-order chi connectivity index (χ0) is 14.5. The summed E-state index contributed by atoms with van der Waals surface area (Å²) in [6, 6.07) is 16.6. The Kier molecular flexibility index (Phi) is 4.43. The molecule has 0 radical (unpaired) electrons. The molecule has 0 spiro atoms. The maximum absolute atomic E-state index is 8.71. The van der Waals surface area contributed by atoms with E-state index in [4.69, 9.17) is 33.7 Å². The summed E-state index contributed by atoms with van der Waals surface area (Å²) in [5, 5.41) is 18.4. The van der Waals surface area contributed by atoms with Crippen molar-refractivity contribution in [1.82, 2.24) is 0 Å². The summed E-state index contributed by atoms with van der Waals surface area (Å²) in [6.45, 7) is 0.